The first-order chi connectivity index (χ1) is 12.4. The van der Waals surface area contributed by atoms with Crippen molar-refractivity contribution < 1.29 is 29.3 Å². The monoisotopic (exact) mass is 379 g/mol. The van der Waals surface area contributed by atoms with Gasteiger partial charge in [-0.3, -0.25) is 0 Å². The third kappa shape index (κ3) is 7.30. The van der Waals surface area contributed by atoms with Crippen molar-refractivity contribution in [1.29, 1.82) is 0 Å². The fraction of sp³-hybridized carbons (Fsp3) is 0.500. The topological polar surface area (TPSA) is 105 Å². The van der Waals surface area contributed by atoms with Gasteiger partial charge in [-0.15, -0.1) is 0 Å². The molecule has 7 nitrogen and oxygen atoms in total. The summed E-state index contributed by atoms with van der Waals surface area (Å²) in [4.78, 5) is 23.5. The summed E-state index contributed by atoms with van der Waals surface area (Å²) in [6.07, 6.45) is 0.212. The third-order valence-electron chi connectivity index (χ3n) is 3.63. The van der Waals surface area contributed by atoms with Crippen LogP contribution in [-0.2, 0) is 16.0 Å². The molecule has 0 saturated carbocycles. The highest BCUT2D eigenvalue weighted by Gasteiger charge is 2.31. The lowest BCUT2D eigenvalue weighted by molar-refractivity contribution is -0.142. The molecule has 0 aliphatic rings. The minimum Gasteiger partial charge on any atom is -0.496 e. The van der Waals surface area contributed by atoms with Gasteiger partial charge in [0.05, 0.1) is 7.11 Å². The fourth-order valence-corrected chi connectivity index (χ4v) is 2.36. The maximum Gasteiger partial charge on any atom is 0.408 e. The van der Waals surface area contributed by atoms with Gasteiger partial charge in [0.1, 0.15) is 17.5 Å². The van der Waals surface area contributed by atoms with Crippen LogP contribution in [0.3, 0.4) is 0 Å². The number of amides is 1. The van der Waals surface area contributed by atoms with E-state index in [0.717, 1.165) is 11.1 Å². The van der Waals surface area contributed by atoms with Crippen molar-refractivity contribution in [2.75, 3.05) is 7.11 Å². The first-order valence-electron chi connectivity index (χ1n) is 8.65. The van der Waals surface area contributed by atoms with Crippen molar-refractivity contribution in [3.8, 4) is 5.75 Å². The van der Waals surface area contributed by atoms with Crippen LogP contribution < -0.4 is 10.1 Å². The Labute approximate surface area is 160 Å². The van der Waals surface area contributed by atoms with Gasteiger partial charge in [-0.25, -0.2) is 9.59 Å². The van der Waals surface area contributed by atoms with Gasteiger partial charge in [-0.05, 0) is 64.3 Å². The van der Waals surface area contributed by atoms with E-state index in [1.54, 1.807) is 46.1 Å². The Balaban J connectivity index is 3.09. The Kier molecular flexibility index (Phi) is 7.84. The van der Waals surface area contributed by atoms with Crippen molar-refractivity contribution in [2.45, 2.75) is 58.8 Å². The first kappa shape index (κ1) is 22.5. The smallest absolute Gasteiger partial charge is 0.408 e. The van der Waals surface area contributed by atoms with E-state index in [-0.39, 0.29) is 0 Å². The zero-order valence-corrected chi connectivity index (χ0v) is 16.7. The Morgan fingerprint density at radius 2 is 1.89 bits per heavy atom. The number of benzene rings is 1. The van der Waals surface area contributed by atoms with Crippen LogP contribution in [0.5, 0.6) is 5.75 Å². The number of ether oxygens (including phenoxy) is 2. The number of carbonyl (C=O) groups excluding carboxylic acids is 1. The van der Waals surface area contributed by atoms with Crippen LogP contribution in [0.15, 0.2) is 29.8 Å². The van der Waals surface area contributed by atoms with Crippen LogP contribution in [0.1, 0.15) is 51.8 Å². The summed E-state index contributed by atoms with van der Waals surface area (Å²) in [6.45, 7) is 8.93. The van der Waals surface area contributed by atoms with Crippen molar-refractivity contribution in [2.24, 2.45) is 0 Å². The van der Waals surface area contributed by atoms with E-state index in [0.29, 0.717) is 17.7 Å². The molecule has 1 rings (SSSR count). The molecule has 1 aromatic carbocycles. The molecule has 0 radical (unpaired) electrons. The Morgan fingerprint density at radius 3 is 2.37 bits per heavy atom. The second-order valence-corrected chi connectivity index (χ2v) is 7.46. The van der Waals surface area contributed by atoms with E-state index in [4.69, 9.17) is 9.47 Å². The highest BCUT2D eigenvalue weighted by Crippen LogP contribution is 2.26. The summed E-state index contributed by atoms with van der Waals surface area (Å²) in [5.41, 5.74) is 1.50. The van der Waals surface area contributed by atoms with Crippen LogP contribution in [0.25, 0.3) is 0 Å². The Hall–Kier alpha value is -2.54. The number of carboxylic acids is 1. The second kappa shape index (κ2) is 9.41. The van der Waals surface area contributed by atoms with E-state index >= 15 is 0 Å². The largest absolute Gasteiger partial charge is 0.496 e. The molecule has 0 heterocycles. The summed E-state index contributed by atoms with van der Waals surface area (Å²) in [6, 6.07) is 3.36. The molecule has 1 aromatic rings. The molecule has 0 unspecified atom stereocenters. The molecule has 3 N–H and O–H groups in total. The van der Waals surface area contributed by atoms with Crippen molar-refractivity contribution in [3.63, 3.8) is 0 Å². The number of allylic oxidation sites excluding steroid dienone is 2. The molecule has 0 saturated heterocycles. The lowest BCUT2D eigenvalue weighted by Crippen LogP contribution is -2.46. The van der Waals surface area contributed by atoms with Crippen molar-refractivity contribution >= 4 is 12.1 Å². The van der Waals surface area contributed by atoms with Crippen molar-refractivity contribution in [3.05, 3.63) is 41.0 Å². The SMILES string of the molecule is COc1ccc([C@H](O)[C@H](NC(=O)OC(C)(C)C)C(=O)O)cc1CC=C(C)C. The molecule has 0 fully saturated rings. The third-order valence-corrected chi connectivity index (χ3v) is 3.63. The summed E-state index contributed by atoms with van der Waals surface area (Å²) >= 11 is 0. The number of aliphatic hydroxyl groups is 1. The van der Waals surface area contributed by atoms with Crippen LogP contribution in [0.4, 0.5) is 4.79 Å². The lowest BCUT2D eigenvalue weighted by Gasteiger charge is -2.25. The summed E-state index contributed by atoms with van der Waals surface area (Å²) in [5, 5.41) is 22.2. The lowest BCUT2D eigenvalue weighted by atomic mass is 9.98. The highest BCUT2D eigenvalue weighted by atomic mass is 16.6. The average molecular weight is 379 g/mol. The molecule has 1 amide bonds. The number of alkyl carbamates (subject to hydrolysis) is 1. The van der Waals surface area contributed by atoms with E-state index in [9.17, 15) is 19.8 Å². The van der Waals surface area contributed by atoms with Gasteiger partial charge < -0.3 is 25.0 Å². The highest BCUT2D eigenvalue weighted by molar-refractivity contribution is 5.81. The van der Waals surface area contributed by atoms with Gasteiger partial charge in [-0.2, -0.15) is 0 Å². The van der Waals surface area contributed by atoms with Gasteiger partial charge in [0.25, 0.3) is 0 Å². The molecule has 2 atom stereocenters. The van der Waals surface area contributed by atoms with E-state index < -0.39 is 29.8 Å². The number of nitrogens with one attached hydrogen (secondary N) is 1. The van der Waals surface area contributed by atoms with Gasteiger partial charge in [0, 0.05) is 0 Å². The number of carboxylic acid groups (broad SMARTS) is 1. The van der Waals surface area contributed by atoms with Gasteiger partial charge in [0.2, 0.25) is 0 Å². The zero-order chi connectivity index (χ0) is 20.8. The zero-order valence-electron chi connectivity index (χ0n) is 16.7. The number of aliphatic hydroxyl groups excluding tert-OH is 1. The molecule has 27 heavy (non-hydrogen) atoms. The Bertz CT molecular complexity index is 701. The number of carbonyl (C=O) groups is 2. The fourth-order valence-electron chi connectivity index (χ4n) is 2.36. The van der Waals surface area contributed by atoms with Crippen LogP contribution in [0.2, 0.25) is 0 Å². The van der Waals surface area contributed by atoms with E-state index in [1.807, 2.05) is 19.9 Å². The number of aliphatic carboxylic acids is 1. The predicted octanol–water partition coefficient (Wildman–Crippen LogP) is 3.22. The molecule has 7 heteroatoms. The van der Waals surface area contributed by atoms with E-state index in [1.165, 1.54) is 0 Å². The molecule has 0 aliphatic heterocycles. The van der Waals surface area contributed by atoms with Gasteiger partial charge in [-0.1, -0.05) is 17.7 Å². The standard InChI is InChI=1S/C20H29NO6/c1-12(2)7-8-13-11-14(9-10-15(13)26-6)17(22)16(18(23)24)21-19(25)27-20(3,4)5/h7,9-11,16-17,22H,8H2,1-6H3,(H,21,25)(H,23,24)/t16-,17-/m0/s1. The molecule has 150 valence electrons. The Morgan fingerprint density at radius 1 is 1.26 bits per heavy atom. The maximum absolute atomic E-state index is 11.9. The van der Waals surface area contributed by atoms with Gasteiger partial charge >= 0.3 is 12.1 Å². The predicted molar refractivity (Wildman–Crippen MR) is 102 cm³/mol. The normalized spacial score (nSPS) is 13.3. The minimum atomic E-state index is -1.55. The molecule has 0 spiro atoms. The number of hydrogen-bond donors (Lipinski definition) is 3. The summed E-state index contributed by atoms with van der Waals surface area (Å²) in [5.74, 6) is -0.731. The quantitative estimate of drug-likeness (QED) is 0.628. The average Bonchev–Trinajstić information content (AvgIpc) is 2.55. The summed E-state index contributed by atoms with van der Waals surface area (Å²) < 4.78 is 10.4. The number of methoxy groups -OCH3 is 1. The van der Waals surface area contributed by atoms with Gasteiger partial charge in [0.15, 0.2) is 6.04 Å². The molecule has 0 bridgehead atoms. The minimum absolute atomic E-state index is 0.358. The molecule has 0 aliphatic carbocycles. The second-order valence-electron chi connectivity index (χ2n) is 7.46. The number of rotatable bonds is 7. The molecular weight excluding hydrogens is 350 g/mol. The maximum atomic E-state index is 11.9. The van der Waals surface area contributed by atoms with Crippen molar-refractivity contribution in [1.82, 2.24) is 5.32 Å². The number of hydrogen-bond acceptors (Lipinski definition) is 5. The van der Waals surface area contributed by atoms with Crippen LogP contribution >= 0.6 is 0 Å². The molecular formula is C20H29NO6. The van der Waals surface area contributed by atoms with Crippen LogP contribution in [0, 0.1) is 0 Å². The molecule has 0 aromatic heterocycles. The van der Waals surface area contributed by atoms with Crippen LogP contribution in [-0.4, -0.2) is 41.0 Å². The van der Waals surface area contributed by atoms with E-state index in [2.05, 4.69) is 5.32 Å². The summed E-state index contributed by atoms with van der Waals surface area (Å²) in [7, 11) is 1.54. The first-order valence-corrected chi connectivity index (χ1v) is 8.65.